The Hall–Kier alpha value is -0.970. The third-order valence-corrected chi connectivity index (χ3v) is 2.12. The molecule has 0 saturated heterocycles. The van der Waals surface area contributed by atoms with Crippen molar-refractivity contribution in [2.75, 3.05) is 0 Å². The van der Waals surface area contributed by atoms with Gasteiger partial charge in [-0.2, -0.15) is 17.6 Å². The Morgan fingerprint density at radius 2 is 1.88 bits per heavy atom. The minimum absolute atomic E-state index is 0.0886. The van der Waals surface area contributed by atoms with Crippen LogP contribution in [0, 0.1) is 0 Å². The van der Waals surface area contributed by atoms with Gasteiger partial charge in [0.15, 0.2) is 0 Å². The van der Waals surface area contributed by atoms with E-state index >= 15 is 0 Å². The van der Waals surface area contributed by atoms with E-state index in [0.29, 0.717) is 5.56 Å². The number of rotatable bonds is 4. The van der Waals surface area contributed by atoms with E-state index in [0.717, 1.165) is 6.07 Å². The molecule has 0 bridgehead atoms. The van der Waals surface area contributed by atoms with Crippen molar-refractivity contribution in [3.63, 3.8) is 0 Å². The first-order chi connectivity index (χ1) is 7.26. The second kappa shape index (κ2) is 4.49. The monoisotopic (exact) mass is 256 g/mol. The molecular weight excluding hydrogens is 248 g/mol. The molecule has 0 heterocycles. The summed E-state index contributed by atoms with van der Waals surface area (Å²) in [5, 5.41) is 0. The van der Waals surface area contributed by atoms with Crippen LogP contribution in [0.5, 0.6) is 5.75 Å². The van der Waals surface area contributed by atoms with Crippen LogP contribution in [0.1, 0.15) is 12.5 Å². The summed E-state index contributed by atoms with van der Waals surface area (Å²) in [5.74, 6) is -4.50. The average molecular weight is 257 g/mol. The molecule has 0 unspecified atom stereocenters. The van der Waals surface area contributed by atoms with Crippen LogP contribution in [0.2, 0.25) is 0 Å². The van der Waals surface area contributed by atoms with Gasteiger partial charge in [0.2, 0.25) is 0 Å². The van der Waals surface area contributed by atoms with E-state index in [1.54, 1.807) is 6.07 Å². The van der Waals surface area contributed by atoms with E-state index in [1.807, 2.05) is 0 Å². The molecule has 0 spiro atoms. The van der Waals surface area contributed by atoms with E-state index in [-0.39, 0.29) is 18.6 Å². The number of hydrogen-bond donors (Lipinski definition) is 0. The topological polar surface area (TPSA) is 9.23 Å². The summed E-state index contributed by atoms with van der Waals surface area (Å²) >= 11 is 5.47. The van der Waals surface area contributed by atoms with Crippen molar-refractivity contribution in [3.05, 3.63) is 29.8 Å². The maximum atomic E-state index is 12.8. The third-order valence-electron chi connectivity index (χ3n) is 1.81. The number of hydrogen-bond acceptors (Lipinski definition) is 1. The summed E-state index contributed by atoms with van der Waals surface area (Å²) in [5.41, 5.74) is 0.509. The molecule has 0 atom stereocenters. The predicted molar refractivity (Wildman–Crippen MR) is 52.2 cm³/mol. The molecular formula is C10H9ClF4O. The molecule has 0 N–H and O–H groups in total. The number of ether oxygens (including phenoxy) is 1. The standard InChI is InChI=1S/C10H9ClF4O/c1-9(12,13)10(14,15)16-8-4-2-3-7(5-8)6-11/h2-5H,6H2,1H3. The molecule has 0 aliphatic carbocycles. The van der Waals surface area contributed by atoms with Crippen molar-refractivity contribution < 1.29 is 22.3 Å². The van der Waals surface area contributed by atoms with Crippen LogP contribution in [-0.2, 0) is 5.88 Å². The lowest BCUT2D eigenvalue weighted by molar-refractivity contribution is -0.301. The maximum absolute atomic E-state index is 12.8. The van der Waals surface area contributed by atoms with Gasteiger partial charge in [0.25, 0.3) is 0 Å². The molecule has 0 aromatic heterocycles. The molecule has 0 amide bonds. The predicted octanol–water partition coefficient (Wildman–Crippen LogP) is 4.05. The first-order valence-corrected chi connectivity index (χ1v) is 4.89. The van der Waals surface area contributed by atoms with Gasteiger partial charge in [-0.3, -0.25) is 0 Å². The van der Waals surface area contributed by atoms with Crippen LogP contribution in [0.3, 0.4) is 0 Å². The highest BCUT2D eigenvalue weighted by Gasteiger charge is 2.55. The van der Waals surface area contributed by atoms with E-state index in [1.165, 1.54) is 12.1 Å². The summed E-state index contributed by atoms with van der Waals surface area (Å²) in [6.07, 6.45) is -4.54. The zero-order valence-corrected chi connectivity index (χ0v) is 9.07. The van der Waals surface area contributed by atoms with Gasteiger partial charge < -0.3 is 4.74 Å². The zero-order chi connectivity index (χ0) is 12.4. The van der Waals surface area contributed by atoms with Crippen molar-refractivity contribution in [2.24, 2.45) is 0 Å². The lowest BCUT2D eigenvalue weighted by Crippen LogP contribution is -2.42. The molecule has 0 radical (unpaired) electrons. The van der Waals surface area contributed by atoms with Gasteiger partial charge in [0.05, 0.1) is 0 Å². The Labute approximate surface area is 95.0 Å². The molecule has 0 saturated carbocycles. The minimum Gasteiger partial charge on any atom is -0.428 e. The minimum atomic E-state index is -4.54. The summed E-state index contributed by atoms with van der Waals surface area (Å²) < 4.78 is 54.6. The lowest BCUT2D eigenvalue weighted by Gasteiger charge is -2.23. The van der Waals surface area contributed by atoms with Crippen molar-refractivity contribution >= 4 is 11.6 Å². The van der Waals surface area contributed by atoms with Gasteiger partial charge in [0.1, 0.15) is 5.75 Å². The van der Waals surface area contributed by atoms with Crippen LogP contribution in [0.4, 0.5) is 17.6 Å². The van der Waals surface area contributed by atoms with E-state index in [9.17, 15) is 17.6 Å². The van der Waals surface area contributed by atoms with Crippen molar-refractivity contribution in [3.8, 4) is 5.75 Å². The third kappa shape index (κ3) is 3.01. The molecule has 1 nitrogen and oxygen atoms in total. The largest absolute Gasteiger partial charge is 0.463 e. The van der Waals surface area contributed by atoms with Crippen LogP contribution < -0.4 is 4.74 Å². The zero-order valence-electron chi connectivity index (χ0n) is 8.31. The number of benzene rings is 1. The van der Waals surface area contributed by atoms with Gasteiger partial charge in [-0.15, -0.1) is 11.6 Å². The van der Waals surface area contributed by atoms with Gasteiger partial charge in [-0.05, 0) is 17.7 Å². The molecule has 0 aliphatic rings. The molecule has 0 fully saturated rings. The number of halogens is 5. The highest BCUT2D eigenvalue weighted by molar-refractivity contribution is 6.17. The molecule has 1 aromatic rings. The first kappa shape index (κ1) is 13.1. The molecule has 6 heteroatoms. The van der Waals surface area contributed by atoms with Crippen LogP contribution in [-0.4, -0.2) is 12.0 Å². The van der Waals surface area contributed by atoms with Crippen LogP contribution in [0.15, 0.2) is 24.3 Å². The summed E-state index contributed by atoms with van der Waals surface area (Å²) in [7, 11) is 0. The molecule has 0 aliphatic heterocycles. The van der Waals surface area contributed by atoms with Crippen LogP contribution in [0.25, 0.3) is 0 Å². The average Bonchev–Trinajstić information content (AvgIpc) is 2.15. The fourth-order valence-electron chi connectivity index (χ4n) is 0.930. The Bertz CT molecular complexity index is 362. The molecule has 90 valence electrons. The van der Waals surface area contributed by atoms with E-state index in [4.69, 9.17) is 11.6 Å². The first-order valence-electron chi connectivity index (χ1n) is 4.36. The Balaban J connectivity index is 2.88. The van der Waals surface area contributed by atoms with E-state index in [2.05, 4.69) is 4.74 Å². The van der Waals surface area contributed by atoms with Gasteiger partial charge >= 0.3 is 12.0 Å². The fourth-order valence-corrected chi connectivity index (χ4v) is 1.10. The smallest absolute Gasteiger partial charge is 0.428 e. The lowest BCUT2D eigenvalue weighted by atomic mass is 10.2. The highest BCUT2D eigenvalue weighted by Crippen LogP contribution is 2.35. The quantitative estimate of drug-likeness (QED) is 0.583. The van der Waals surface area contributed by atoms with Gasteiger partial charge in [-0.25, -0.2) is 0 Å². The van der Waals surface area contributed by atoms with Gasteiger partial charge in [-0.1, -0.05) is 12.1 Å². The van der Waals surface area contributed by atoms with Crippen molar-refractivity contribution in [1.82, 2.24) is 0 Å². The van der Waals surface area contributed by atoms with Crippen LogP contribution >= 0.6 is 11.6 Å². The fraction of sp³-hybridized carbons (Fsp3) is 0.400. The van der Waals surface area contributed by atoms with Gasteiger partial charge in [0, 0.05) is 12.8 Å². The normalized spacial score (nSPS) is 12.6. The van der Waals surface area contributed by atoms with Crippen molar-refractivity contribution in [2.45, 2.75) is 24.8 Å². The SMILES string of the molecule is CC(F)(F)C(F)(F)Oc1cccc(CCl)c1. The van der Waals surface area contributed by atoms with E-state index < -0.39 is 12.0 Å². The molecule has 1 aromatic carbocycles. The second-order valence-corrected chi connectivity index (χ2v) is 3.56. The molecule has 16 heavy (non-hydrogen) atoms. The number of alkyl halides is 5. The summed E-state index contributed by atoms with van der Waals surface area (Å²) in [6.45, 7) is 0.0956. The Morgan fingerprint density at radius 3 is 2.38 bits per heavy atom. The Morgan fingerprint density at radius 1 is 1.25 bits per heavy atom. The Kier molecular flexibility index (Phi) is 3.68. The van der Waals surface area contributed by atoms with Crippen molar-refractivity contribution in [1.29, 1.82) is 0 Å². The second-order valence-electron chi connectivity index (χ2n) is 3.29. The maximum Gasteiger partial charge on any atom is 0.463 e. The summed E-state index contributed by atoms with van der Waals surface area (Å²) in [4.78, 5) is 0. The summed E-state index contributed by atoms with van der Waals surface area (Å²) in [6, 6.07) is 5.32. The molecule has 1 rings (SSSR count). The highest BCUT2D eigenvalue weighted by atomic mass is 35.5.